The summed E-state index contributed by atoms with van der Waals surface area (Å²) >= 11 is 0. The lowest BCUT2D eigenvalue weighted by atomic mass is 10.2. The molecule has 5 rings (SSSR count). The lowest BCUT2D eigenvalue weighted by Crippen LogP contribution is -2.29. The topological polar surface area (TPSA) is 139 Å². The van der Waals surface area contributed by atoms with Gasteiger partial charge in [0.2, 0.25) is 0 Å². The van der Waals surface area contributed by atoms with Gasteiger partial charge in [-0.3, -0.25) is 4.79 Å². The van der Waals surface area contributed by atoms with E-state index in [2.05, 4.69) is 30.6 Å². The summed E-state index contributed by atoms with van der Waals surface area (Å²) in [6.07, 6.45) is 6.11. The molecule has 0 spiro atoms. The Labute approximate surface area is 209 Å². The van der Waals surface area contributed by atoms with Crippen molar-refractivity contribution in [2.24, 2.45) is 18.0 Å². The number of amidine groups is 1. The molecule has 11 nitrogen and oxygen atoms in total. The molecule has 192 valence electrons. The lowest BCUT2D eigenvalue weighted by Gasteiger charge is -2.21. The number of amides is 1. The van der Waals surface area contributed by atoms with E-state index in [1.54, 1.807) is 17.1 Å². The highest BCUT2D eigenvalue weighted by Gasteiger charge is 2.22. The van der Waals surface area contributed by atoms with Gasteiger partial charge in [0.1, 0.15) is 11.4 Å². The number of aromatic nitrogens is 4. The number of aryl methyl sites for hydroxylation is 1. The number of anilines is 1. The molecule has 4 N–H and O–H groups in total. The molecule has 1 aliphatic heterocycles. The number of aliphatic hydroxyl groups is 1. The number of aromatic amines is 1. The first-order valence-corrected chi connectivity index (χ1v) is 11.3. The van der Waals surface area contributed by atoms with Gasteiger partial charge in [0, 0.05) is 49.4 Å². The van der Waals surface area contributed by atoms with Crippen LogP contribution in [0.25, 0.3) is 11.0 Å². The zero-order chi connectivity index (χ0) is 25.9. The van der Waals surface area contributed by atoms with Crippen molar-refractivity contribution in [2.75, 3.05) is 25.1 Å². The van der Waals surface area contributed by atoms with Gasteiger partial charge in [0.15, 0.2) is 17.4 Å². The highest BCUT2D eigenvalue weighted by molar-refractivity contribution is 6.08. The molecule has 1 aliphatic rings. The van der Waals surface area contributed by atoms with Crippen molar-refractivity contribution in [2.45, 2.75) is 6.54 Å². The van der Waals surface area contributed by atoms with Crippen LogP contribution < -0.4 is 15.4 Å². The Morgan fingerprint density at radius 2 is 2.16 bits per heavy atom. The summed E-state index contributed by atoms with van der Waals surface area (Å²) in [5.74, 6) is -3.10. The van der Waals surface area contributed by atoms with Crippen LogP contribution in [0.3, 0.4) is 0 Å². The second-order valence-electron chi connectivity index (χ2n) is 8.42. The second kappa shape index (κ2) is 10.2. The van der Waals surface area contributed by atoms with Crippen molar-refractivity contribution < 1.29 is 28.2 Å². The number of aliphatic hydroxyl groups excluding tert-OH is 1. The van der Waals surface area contributed by atoms with Gasteiger partial charge >= 0.3 is 0 Å². The van der Waals surface area contributed by atoms with E-state index in [-0.39, 0.29) is 54.1 Å². The van der Waals surface area contributed by atoms with Crippen molar-refractivity contribution in [3.63, 3.8) is 0 Å². The van der Waals surface area contributed by atoms with E-state index < -0.39 is 23.3 Å². The summed E-state index contributed by atoms with van der Waals surface area (Å²) in [5.41, 5.74) is 1.38. The Kier molecular flexibility index (Phi) is 6.68. The number of aliphatic imine (C=N–C) groups is 1. The molecule has 0 bridgehead atoms. The minimum absolute atomic E-state index is 0.0467. The number of H-pyrrole nitrogens is 1. The third-order valence-electron chi connectivity index (χ3n) is 5.80. The molecule has 37 heavy (non-hydrogen) atoms. The highest BCUT2D eigenvalue weighted by Crippen LogP contribution is 2.35. The van der Waals surface area contributed by atoms with Crippen molar-refractivity contribution in [3.8, 4) is 11.5 Å². The van der Waals surface area contributed by atoms with Gasteiger partial charge in [-0.2, -0.15) is 0 Å². The summed E-state index contributed by atoms with van der Waals surface area (Å²) in [5, 5.41) is 14.9. The Bertz CT molecular complexity index is 1460. The molecule has 1 amide bonds. The molecule has 0 fully saturated rings. The van der Waals surface area contributed by atoms with Gasteiger partial charge in [-0.1, -0.05) is 0 Å². The molecular weight excluding hydrogens is 488 g/mol. The number of imidazole rings is 1. The van der Waals surface area contributed by atoms with E-state index in [4.69, 9.17) is 14.6 Å². The maximum Gasteiger partial charge on any atom is 0.289 e. The molecule has 4 heterocycles. The number of pyridine rings is 1. The summed E-state index contributed by atoms with van der Waals surface area (Å²) in [6, 6.07) is 3.60. The average Bonchev–Trinajstić information content (AvgIpc) is 3.51. The lowest BCUT2D eigenvalue weighted by molar-refractivity contribution is 0.0951. The fourth-order valence-electron chi connectivity index (χ4n) is 3.77. The number of hydrogen-bond acceptors (Lipinski definition) is 8. The van der Waals surface area contributed by atoms with Crippen LogP contribution in [0.15, 0.2) is 48.1 Å². The minimum atomic E-state index is -0.977. The molecule has 0 aliphatic carbocycles. The number of rotatable bonds is 7. The fourth-order valence-corrected chi connectivity index (χ4v) is 3.77. The minimum Gasteiger partial charge on any atom is -0.465 e. The van der Waals surface area contributed by atoms with E-state index in [0.717, 1.165) is 17.8 Å². The van der Waals surface area contributed by atoms with E-state index in [0.29, 0.717) is 12.2 Å². The number of carbonyl (C=O) groups excluding carboxylic acids is 1. The molecule has 3 aromatic heterocycles. The zero-order valence-corrected chi connectivity index (χ0v) is 19.7. The fraction of sp³-hybridized carbons (Fsp3) is 0.250. The predicted octanol–water partition coefficient (Wildman–Crippen LogP) is 2.70. The Hall–Kier alpha value is -4.52. The van der Waals surface area contributed by atoms with Crippen LogP contribution in [0.1, 0.15) is 16.1 Å². The van der Waals surface area contributed by atoms with Crippen LogP contribution in [-0.4, -0.2) is 56.3 Å². The van der Waals surface area contributed by atoms with Gasteiger partial charge in [-0.25, -0.2) is 23.7 Å². The number of fused-ring (bicyclic) bond motifs is 1. The average molecular weight is 511 g/mol. The normalized spacial score (nSPS) is 15.2. The Morgan fingerprint density at radius 3 is 2.84 bits per heavy atom. The van der Waals surface area contributed by atoms with Crippen LogP contribution in [0.2, 0.25) is 0 Å². The molecule has 4 aromatic rings. The third-order valence-corrected chi connectivity index (χ3v) is 5.80. The number of ether oxygens (including phenoxy) is 2. The largest absolute Gasteiger partial charge is 0.465 e. The first-order chi connectivity index (χ1) is 17.9. The molecule has 0 saturated heterocycles. The molecule has 1 unspecified atom stereocenters. The summed E-state index contributed by atoms with van der Waals surface area (Å²) in [6.45, 7) is 0.730. The van der Waals surface area contributed by atoms with Crippen LogP contribution in [0.5, 0.6) is 11.5 Å². The van der Waals surface area contributed by atoms with Gasteiger partial charge in [-0.15, -0.1) is 0 Å². The Morgan fingerprint density at radius 1 is 1.35 bits per heavy atom. The number of halogens is 2. The van der Waals surface area contributed by atoms with Crippen molar-refractivity contribution in [3.05, 3.63) is 66.0 Å². The number of carbonyl (C=O) groups is 1. The molecule has 0 radical (unpaired) electrons. The molecule has 13 heteroatoms. The zero-order valence-electron chi connectivity index (χ0n) is 19.7. The van der Waals surface area contributed by atoms with E-state index in [9.17, 15) is 13.6 Å². The monoisotopic (exact) mass is 511 g/mol. The van der Waals surface area contributed by atoms with Crippen LogP contribution >= 0.6 is 0 Å². The molecule has 1 aromatic carbocycles. The second-order valence-corrected chi connectivity index (χ2v) is 8.42. The smallest absolute Gasteiger partial charge is 0.289 e. The van der Waals surface area contributed by atoms with Gasteiger partial charge < -0.3 is 34.8 Å². The van der Waals surface area contributed by atoms with Crippen LogP contribution in [0.4, 0.5) is 14.5 Å². The molecular formula is C24H23F2N7O4. The summed E-state index contributed by atoms with van der Waals surface area (Å²) < 4.78 is 42.6. The van der Waals surface area contributed by atoms with Crippen LogP contribution in [-0.2, 0) is 18.3 Å². The number of hydrogen-bond donors (Lipinski definition) is 4. The van der Waals surface area contributed by atoms with E-state index >= 15 is 0 Å². The first kappa shape index (κ1) is 24.2. The van der Waals surface area contributed by atoms with E-state index in [1.165, 1.54) is 18.5 Å². The van der Waals surface area contributed by atoms with Crippen LogP contribution in [0, 0.1) is 17.6 Å². The third kappa shape index (κ3) is 5.07. The summed E-state index contributed by atoms with van der Waals surface area (Å²) in [7, 11) is 1.81. The number of benzene rings is 1. The molecule has 1 atom stereocenters. The van der Waals surface area contributed by atoms with Crippen molar-refractivity contribution >= 4 is 28.6 Å². The van der Waals surface area contributed by atoms with Gasteiger partial charge in [-0.05, 0) is 6.07 Å². The van der Waals surface area contributed by atoms with Gasteiger partial charge in [0.05, 0.1) is 49.3 Å². The first-order valence-electron chi connectivity index (χ1n) is 11.3. The SMILES string of the molecule is Cn1cncc1CNC(=O)c1c[nH]c2nccc(Oc3c(F)cc(NC4=NCC(CO)CO4)cc3F)c12. The standard InChI is InChI=1S/C24H23F2N7O4/c1-33-12-27-7-15(33)8-30-23(35)16-9-29-22-20(16)19(2-3-28-22)37-21-17(25)4-14(5-18(21)26)32-24-31-6-13(10-34)11-36-24/h2-5,7,9,12-13,34H,6,8,10-11H2,1H3,(H,28,29)(H,30,35)(H,31,32). The highest BCUT2D eigenvalue weighted by atomic mass is 19.1. The predicted molar refractivity (Wildman–Crippen MR) is 129 cm³/mol. The van der Waals surface area contributed by atoms with Crippen molar-refractivity contribution in [1.82, 2.24) is 24.8 Å². The Balaban J connectivity index is 1.37. The summed E-state index contributed by atoms with van der Waals surface area (Å²) in [4.78, 5) is 28.1. The van der Waals surface area contributed by atoms with Gasteiger partial charge in [0.25, 0.3) is 11.9 Å². The maximum atomic E-state index is 14.9. The quantitative estimate of drug-likeness (QED) is 0.299. The maximum absolute atomic E-state index is 14.9. The number of nitrogens with zero attached hydrogens (tertiary/aromatic N) is 4. The van der Waals surface area contributed by atoms with E-state index in [1.807, 2.05) is 7.05 Å². The number of nitrogens with one attached hydrogen (secondary N) is 3. The molecule has 0 saturated carbocycles. The van der Waals surface area contributed by atoms with Crippen molar-refractivity contribution in [1.29, 1.82) is 0 Å².